The summed E-state index contributed by atoms with van der Waals surface area (Å²) in [5.41, 5.74) is 4.46. The predicted octanol–water partition coefficient (Wildman–Crippen LogP) is 5.84. The molecule has 0 bridgehead atoms. The lowest BCUT2D eigenvalue weighted by Crippen LogP contribution is -1.99. The van der Waals surface area contributed by atoms with Crippen LogP contribution in [-0.4, -0.2) is 14.5 Å². The number of halogens is 1. The Kier molecular flexibility index (Phi) is 5.26. The van der Waals surface area contributed by atoms with E-state index in [0.717, 1.165) is 32.7 Å². The molecule has 0 saturated heterocycles. The number of nitrogens with zero attached hydrogens (tertiary/aromatic N) is 4. The predicted molar refractivity (Wildman–Crippen MR) is 117 cm³/mol. The number of anilines is 2. The summed E-state index contributed by atoms with van der Waals surface area (Å²) in [7, 11) is 1.96. The van der Waals surface area contributed by atoms with Gasteiger partial charge in [0.1, 0.15) is 18.0 Å². The highest BCUT2D eigenvalue weighted by Crippen LogP contribution is 2.29. The highest BCUT2D eigenvalue weighted by Gasteiger charge is 2.10. The van der Waals surface area contributed by atoms with Crippen LogP contribution in [0.4, 0.5) is 11.6 Å². The zero-order chi connectivity index (χ0) is 20.4. The lowest BCUT2D eigenvalue weighted by molar-refractivity contribution is 0.481. The van der Waals surface area contributed by atoms with Crippen LogP contribution in [0, 0.1) is 11.8 Å². The SMILES string of the molecule is Cc1cc(Nc2nc3cc(Oc4ccnc(CN=O)c4)ccc3n2C)ccc1Br. The van der Waals surface area contributed by atoms with Gasteiger partial charge in [-0.2, -0.15) is 4.91 Å². The van der Waals surface area contributed by atoms with Crippen LogP contribution in [0.25, 0.3) is 11.0 Å². The van der Waals surface area contributed by atoms with Gasteiger partial charge < -0.3 is 14.6 Å². The normalized spacial score (nSPS) is 10.9. The summed E-state index contributed by atoms with van der Waals surface area (Å²) >= 11 is 3.52. The second-order valence-corrected chi connectivity index (χ2v) is 7.46. The van der Waals surface area contributed by atoms with Crippen molar-refractivity contribution < 1.29 is 4.74 Å². The van der Waals surface area contributed by atoms with E-state index in [1.165, 1.54) is 0 Å². The fourth-order valence-electron chi connectivity index (χ4n) is 3.01. The number of aryl methyl sites for hydroxylation is 2. The Morgan fingerprint density at radius 2 is 1.97 bits per heavy atom. The molecule has 2 aromatic heterocycles. The molecule has 7 nitrogen and oxygen atoms in total. The Labute approximate surface area is 175 Å². The average molecular weight is 452 g/mol. The molecule has 0 spiro atoms. The maximum atomic E-state index is 10.4. The van der Waals surface area contributed by atoms with Crippen molar-refractivity contribution in [1.82, 2.24) is 14.5 Å². The van der Waals surface area contributed by atoms with E-state index in [9.17, 15) is 4.91 Å². The number of hydrogen-bond donors (Lipinski definition) is 1. The molecule has 2 aromatic carbocycles. The number of benzene rings is 2. The molecular weight excluding hydrogens is 434 g/mol. The van der Waals surface area contributed by atoms with E-state index in [0.29, 0.717) is 17.2 Å². The van der Waals surface area contributed by atoms with Crippen LogP contribution < -0.4 is 10.1 Å². The van der Waals surface area contributed by atoms with Gasteiger partial charge in [0.25, 0.3) is 0 Å². The van der Waals surface area contributed by atoms with E-state index in [1.54, 1.807) is 18.3 Å². The molecule has 2 heterocycles. The molecule has 0 aliphatic carbocycles. The van der Waals surface area contributed by atoms with Gasteiger partial charge in [0.05, 0.1) is 16.7 Å². The second-order valence-electron chi connectivity index (χ2n) is 6.61. The lowest BCUT2D eigenvalue weighted by Gasteiger charge is -2.08. The third-order valence-corrected chi connectivity index (χ3v) is 5.41. The quantitative estimate of drug-likeness (QED) is 0.372. The zero-order valence-corrected chi connectivity index (χ0v) is 17.5. The number of rotatable bonds is 6. The zero-order valence-electron chi connectivity index (χ0n) is 15.9. The third kappa shape index (κ3) is 4.12. The first kappa shape index (κ1) is 19.1. The molecule has 1 N–H and O–H groups in total. The van der Waals surface area contributed by atoms with E-state index in [-0.39, 0.29) is 6.54 Å². The van der Waals surface area contributed by atoms with Crippen molar-refractivity contribution in [2.45, 2.75) is 13.5 Å². The molecule has 0 saturated carbocycles. The van der Waals surface area contributed by atoms with Gasteiger partial charge in [-0.15, -0.1) is 0 Å². The molecule has 0 aliphatic heterocycles. The van der Waals surface area contributed by atoms with Gasteiger partial charge in [0.15, 0.2) is 0 Å². The first-order valence-corrected chi connectivity index (χ1v) is 9.74. The number of pyridine rings is 1. The van der Waals surface area contributed by atoms with Crippen LogP contribution in [0.1, 0.15) is 11.3 Å². The minimum Gasteiger partial charge on any atom is -0.457 e. The first-order chi connectivity index (χ1) is 14.0. The summed E-state index contributed by atoms with van der Waals surface area (Å²) in [6.07, 6.45) is 1.59. The summed E-state index contributed by atoms with van der Waals surface area (Å²) in [6.45, 7) is 2.06. The standard InChI is InChI=1S/C21H18BrN5O2/c1-13-9-14(3-5-18(13)22)25-21-26-19-11-16(4-6-20(19)27(21)2)29-17-7-8-23-15(10-17)12-24-28/h3-11H,12H2,1-2H3,(H,25,26). The molecule has 0 atom stereocenters. The average Bonchev–Trinajstić information content (AvgIpc) is 3.00. The van der Waals surface area contributed by atoms with Gasteiger partial charge >= 0.3 is 0 Å². The highest BCUT2D eigenvalue weighted by atomic mass is 79.9. The maximum absolute atomic E-state index is 10.4. The fourth-order valence-corrected chi connectivity index (χ4v) is 3.26. The van der Waals surface area contributed by atoms with Gasteiger partial charge in [-0.3, -0.25) is 4.98 Å². The van der Waals surface area contributed by atoms with E-state index >= 15 is 0 Å². The molecule has 4 rings (SSSR count). The molecule has 0 aliphatic rings. The summed E-state index contributed by atoms with van der Waals surface area (Å²) in [4.78, 5) is 19.2. The topological polar surface area (TPSA) is 81.4 Å². The molecule has 8 heteroatoms. The Morgan fingerprint density at radius 3 is 2.76 bits per heavy atom. The highest BCUT2D eigenvalue weighted by molar-refractivity contribution is 9.10. The number of imidazole rings is 1. The number of nitrogens with one attached hydrogen (secondary N) is 1. The van der Waals surface area contributed by atoms with E-state index in [1.807, 2.05) is 48.9 Å². The van der Waals surface area contributed by atoms with Crippen molar-refractivity contribution in [3.05, 3.63) is 75.4 Å². The van der Waals surface area contributed by atoms with Crippen LogP contribution in [0.2, 0.25) is 0 Å². The molecule has 29 heavy (non-hydrogen) atoms. The molecular formula is C21H18BrN5O2. The first-order valence-electron chi connectivity index (χ1n) is 8.95. The number of ether oxygens (including phenoxy) is 1. The molecule has 4 aromatic rings. The molecule has 0 fully saturated rings. The van der Waals surface area contributed by atoms with Crippen molar-refractivity contribution >= 4 is 38.6 Å². The maximum Gasteiger partial charge on any atom is 0.208 e. The second kappa shape index (κ2) is 8.00. The van der Waals surface area contributed by atoms with Gasteiger partial charge in [0.2, 0.25) is 5.95 Å². The molecule has 0 unspecified atom stereocenters. The summed E-state index contributed by atoms with van der Waals surface area (Å²) in [5, 5.41) is 6.22. The lowest BCUT2D eigenvalue weighted by atomic mass is 10.2. The van der Waals surface area contributed by atoms with Gasteiger partial charge in [-0.25, -0.2) is 4.98 Å². The molecule has 0 amide bonds. The Balaban J connectivity index is 1.60. The molecule has 146 valence electrons. The van der Waals surface area contributed by atoms with Crippen molar-refractivity contribution in [2.24, 2.45) is 12.2 Å². The Morgan fingerprint density at radius 1 is 1.14 bits per heavy atom. The van der Waals surface area contributed by atoms with Crippen molar-refractivity contribution in [1.29, 1.82) is 0 Å². The van der Waals surface area contributed by atoms with Crippen molar-refractivity contribution in [2.75, 3.05) is 5.32 Å². The largest absolute Gasteiger partial charge is 0.457 e. The minimum absolute atomic E-state index is 0.0149. The summed E-state index contributed by atoms with van der Waals surface area (Å²) in [6, 6.07) is 15.2. The monoisotopic (exact) mass is 451 g/mol. The third-order valence-electron chi connectivity index (χ3n) is 4.52. The van der Waals surface area contributed by atoms with Crippen LogP contribution in [0.15, 0.2) is 64.4 Å². The minimum atomic E-state index is 0.0149. The van der Waals surface area contributed by atoms with Gasteiger partial charge in [-0.1, -0.05) is 21.1 Å². The Hall–Kier alpha value is -3.26. The van der Waals surface area contributed by atoms with Gasteiger partial charge in [0, 0.05) is 35.5 Å². The van der Waals surface area contributed by atoms with Crippen LogP contribution in [0.5, 0.6) is 11.5 Å². The smallest absolute Gasteiger partial charge is 0.208 e. The number of hydrogen-bond acceptors (Lipinski definition) is 6. The van der Waals surface area contributed by atoms with Crippen molar-refractivity contribution in [3.63, 3.8) is 0 Å². The van der Waals surface area contributed by atoms with E-state index in [2.05, 4.69) is 37.5 Å². The number of nitroso groups, excluding NO2 is 1. The number of fused-ring (bicyclic) bond motifs is 1. The molecule has 0 radical (unpaired) electrons. The van der Waals surface area contributed by atoms with E-state index in [4.69, 9.17) is 9.72 Å². The fraction of sp³-hybridized carbons (Fsp3) is 0.143. The number of aromatic nitrogens is 3. The van der Waals surface area contributed by atoms with Crippen LogP contribution in [-0.2, 0) is 13.6 Å². The Bertz CT molecular complexity index is 1210. The summed E-state index contributed by atoms with van der Waals surface area (Å²) in [5.74, 6) is 1.98. The summed E-state index contributed by atoms with van der Waals surface area (Å²) < 4.78 is 8.98. The van der Waals surface area contributed by atoms with Gasteiger partial charge in [-0.05, 0) is 48.9 Å². The van der Waals surface area contributed by atoms with Crippen LogP contribution in [0.3, 0.4) is 0 Å². The van der Waals surface area contributed by atoms with E-state index < -0.39 is 0 Å². The van der Waals surface area contributed by atoms with Crippen molar-refractivity contribution in [3.8, 4) is 11.5 Å². The van der Waals surface area contributed by atoms with Crippen LogP contribution >= 0.6 is 15.9 Å².